The fourth-order valence-corrected chi connectivity index (χ4v) is 3.35. The first-order valence-corrected chi connectivity index (χ1v) is 6.59. The molecule has 0 radical (unpaired) electrons. The van der Waals surface area contributed by atoms with Crippen molar-refractivity contribution < 1.29 is 13.5 Å². The second kappa shape index (κ2) is 4.92. The molecule has 6 heteroatoms. The lowest BCUT2D eigenvalue weighted by molar-refractivity contribution is 0.250. The molecular weight excluding hydrogens is 216 g/mol. The highest BCUT2D eigenvalue weighted by Gasteiger charge is 2.40. The van der Waals surface area contributed by atoms with E-state index in [4.69, 9.17) is 10.4 Å². The van der Waals surface area contributed by atoms with Gasteiger partial charge >= 0.3 is 0 Å². The van der Waals surface area contributed by atoms with Gasteiger partial charge in [0.2, 0.25) is 10.0 Å². The Bertz CT molecular complexity index is 343. The number of nitriles is 1. The molecular formula is C9H16N2O3S. The summed E-state index contributed by atoms with van der Waals surface area (Å²) >= 11 is 0. The maximum Gasteiger partial charge on any atom is 0.230 e. The van der Waals surface area contributed by atoms with Crippen molar-refractivity contribution in [2.45, 2.75) is 37.5 Å². The summed E-state index contributed by atoms with van der Waals surface area (Å²) in [5.74, 6) is 0. The zero-order valence-corrected chi connectivity index (χ0v) is 9.57. The predicted molar refractivity (Wildman–Crippen MR) is 55.4 cm³/mol. The molecule has 1 aliphatic rings. The van der Waals surface area contributed by atoms with Gasteiger partial charge in [-0.1, -0.05) is 6.92 Å². The molecule has 1 saturated carbocycles. The minimum absolute atomic E-state index is 0.00421. The van der Waals surface area contributed by atoms with Crippen molar-refractivity contribution in [2.24, 2.45) is 0 Å². The van der Waals surface area contributed by atoms with Crippen molar-refractivity contribution in [1.82, 2.24) is 4.31 Å². The van der Waals surface area contributed by atoms with Crippen LogP contribution in [0.3, 0.4) is 0 Å². The minimum atomic E-state index is -3.55. The van der Waals surface area contributed by atoms with Crippen LogP contribution in [0.5, 0.6) is 0 Å². The van der Waals surface area contributed by atoms with E-state index in [0.29, 0.717) is 0 Å². The van der Waals surface area contributed by atoms with Gasteiger partial charge in [-0.15, -0.1) is 0 Å². The van der Waals surface area contributed by atoms with E-state index in [1.54, 1.807) is 13.0 Å². The topological polar surface area (TPSA) is 81.4 Å². The Morgan fingerprint density at radius 2 is 2.20 bits per heavy atom. The summed E-state index contributed by atoms with van der Waals surface area (Å²) in [6.07, 6.45) is 1.95. The van der Waals surface area contributed by atoms with Gasteiger partial charge in [0.1, 0.15) is 0 Å². The van der Waals surface area contributed by atoms with Gasteiger partial charge in [-0.25, -0.2) is 8.42 Å². The van der Waals surface area contributed by atoms with Crippen molar-refractivity contribution in [1.29, 1.82) is 5.26 Å². The lowest BCUT2D eigenvalue weighted by Crippen LogP contribution is -2.41. The van der Waals surface area contributed by atoms with Crippen molar-refractivity contribution >= 4 is 10.0 Å². The number of aliphatic hydroxyl groups is 1. The average Bonchev–Trinajstić information content (AvgIpc) is 2.98. The molecule has 1 fully saturated rings. The van der Waals surface area contributed by atoms with Gasteiger partial charge in [-0.2, -0.15) is 9.57 Å². The van der Waals surface area contributed by atoms with Gasteiger partial charge in [0, 0.05) is 12.6 Å². The highest BCUT2D eigenvalue weighted by Crippen LogP contribution is 2.30. The van der Waals surface area contributed by atoms with Crippen molar-refractivity contribution in [3.05, 3.63) is 0 Å². The lowest BCUT2D eigenvalue weighted by atomic mass is 10.4. The van der Waals surface area contributed by atoms with Crippen LogP contribution in [0.15, 0.2) is 0 Å². The van der Waals surface area contributed by atoms with Crippen molar-refractivity contribution in [3.63, 3.8) is 0 Å². The van der Waals surface area contributed by atoms with Gasteiger partial charge in [-0.3, -0.25) is 0 Å². The summed E-state index contributed by atoms with van der Waals surface area (Å²) in [6.45, 7) is 1.58. The second-order valence-electron chi connectivity index (χ2n) is 3.64. The van der Waals surface area contributed by atoms with Gasteiger partial charge < -0.3 is 5.11 Å². The van der Waals surface area contributed by atoms with Crippen molar-refractivity contribution in [2.75, 3.05) is 13.2 Å². The normalized spacial score (nSPS) is 18.8. The molecule has 5 nitrogen and oxygen atoms in total. The maximum absolute atomic E-state index is 12.0. The molecule has 1 rings (SSSR count). The molecule has 0 aromatic rings. The first-order chi connectivity index (χ1) is 7.07. The van der Waals surface area contributed by atoms with Crippen LogP contribution in [0.1, 0.15) is 26.2 Å². The zero-order valence-electron chi connectivity index (χ0n) is 8.76. The molecule has 1 atom stereocenters. The third-order valence-electron chi connectivity index (χ3n) is 2.48. The van der Waals surface area contributed by atoms with E-state index in [0.717, 1.165) is 12.8 Å². The van der Waals surface area contributed by atoms with Crippen LogP contribution < -0.4 is 0 Å². The third kappa shape index (κ3) is 2.68. The first-order valence-electron chi connectivity index (χ1n) is 5.09. The van der Waals surface area contributed by atoms with Gasteiger partial charge in [0.15, 0.2) is 5.25 Å². The van der Waals surface area contributed by atoms with E-state index >= 15 is 0 Å². The molecule has 1 unspecified atom stereocenters. The number of rotatable bonds is 6. The molecule has 1 aliphatic carbocycles. The van der Waals surface area contributed by atoms with Gasteiger partial charge in [0.05, 0.1) is 12.7 Å². The highest BCUT2D eigenvalue weighted by molar-refractivity contribution is 7.90. The summed E-state index contributed by atoms with van der Waals surface area (Å²) in [5.41, 5.74) is 0. The Hall–Kier alpha value is -0.640. The fourth-order valence-electron chi connectivity index (χ4n) is 1.51. The summed E-state index contributed by atoms with van der Waals surface area (Å²) in [4.78, 5) is 0. The minimum Gasteiger partial charge on any atom is -0.395 e. The molecule has 0 bridgehead atoms. The number of nitrogens with zero attached hydrogens (tertiary/aromatic N) is 2. The summed E-state index contributed by atoms with van der Waals surface area (Å²) in [7, 11) is -3.55. The first kappa shape index (κ1) is 12.4. The Morgan fingerprint density at radius 3 is 2.53 bits per heavy atom. The van der Waals surface area contributed by atoms with Crippen LogP contribution in [-0.4, -0.2) is 42.3 Å². The Balaban J connectivity index is 2.85. The quantitative estimate of drug-likeness (QED) is 0.703. The summed E-state index contributed by atoms with van der Waals surface area (Å²) in [6, 6.07) is 1.81. The molecule has 0 heterocycles. The maximum atomic E-state index is 12.0. The van der Waals surface area contributed by atoms with E-state index in [1.807, 2.05) is 0 Å². The largest absolute Gasteiger partial charge is 0.395 e. The molecule has 0 amide bonds. The molecule has 1 N–H and O–H groups in total. The smallest absolute Gasteiger partial charge is 0.230 e. The Kier molecular flexibility index (Phi) is 4.08. The predicted octanol–water partition coefficient (Wildman–Crippen LogP) is 0.0751. The Morgan fingerprint density at radius 1 is 1.60 bits per heavy atom. The van der Waals surface area contributed by atoms with E-state index in [1.165, 1.54) is 4.31 Å². The van der Waals surface area contributed by atoms with Crippen LogP contribution in [0.4, 0.5) is 0 Å². The van der Waals surface area contributed by atoms with Crippen LogP contribution in [0, 0.1) is 11.3 Å². The number of hydrogen-bond donors (Lipinski definition) is 1. The zero-order chi connectivity index (χ0) is 11.5. The van der Waals surface area contributed by atoms with Gasteiger partial charge in [-0.05, 0) is 19.3 Å². The monoisotopic (exact) mass is 232 g/mol. The number of aliphatic hydroxyl groups excluding tert-OH is 1. The molecule has 0 spiro atoms. The SMILES string of the molecule is CCC(C#N)S(=O)(=O)N(CCO)C1CC1. The van der Waals surface area contributed by atoms with E-state index < -0.39 is 15.3 Å². The lowest BCUT2D eigenvalue weighted by Gasteiger charge is -2.22. The molecule has 0 aromatic carbocycles. The molecule has 0 aromatic heterocycles. The fraction of sp³-hybridized carbons (Fsp3) is 0.889. The number of sulfonamides is 1. The van der Waals surface area contributed by atoms with Crippen LogP contribution in [0.2, 0.25) is 0 Å². The summed E-state index contributed by atoms with van der Waals surface area (Å²) < 4.78 is 25.2. The molecule has 15 heavy (non-hydrogen) atoms. The Labute approximate surface area is 90.4 Å². The average molecular weight is 232 g/mol. The molecule has 0 saturated heterocycles. The van der Waals surface area contributed by atoms with Crippen LogP contribution >= 0.6 is 0 Å². The van der Waals surface area contributed by atoms with Crippen molar-refractivity contribution in [3.8, 4) is 6.07 Å². The standard InChI is InChI=1S/C9H16N2O3S/c1-2-9(7-10)15(13,14)11(5-6-12)8-3-4-8/h8-9,12H,2-6H2,1H3. The van der Waals surface area contributed by atoms with E-state index in [9.17, 15) is 8.42 Å². The van der Waals surface area contributed by atoms with E-state index in [2.05, 4.69) is 0 Å². The summed E-state index contributed by atoms with van der Waals surface area (Å²) in [5, 5.41) is 16.6. The second-order valence-corrected chi connectivity index (χ2v) is 5.70. The highest BCUT2D eigenvalue weighted by atomic mass is 32.2. The third-order valence-corrected chi connectivity index (χ3v) is 4.77. The molecule has 86 valence electrons. The van der Waals surface area contributed by atoms with E-state index in [-0.39, 0.29) is 25.6 Å². The molecule has 0 aliphatic heterocycles. The number of hydrogen-bond acceptors (Lipinski definition) is 4. The van der Waals surface area contributed by atoms with Gasteiger partial charge in [0.25, 0.3) is 0 Å². The van der Waals surface area contributed by atoms with Crippen LogP contribution in [0.25, 0.3) is 0 Å². The van der Waals surface area contributed by atoms with Crippen LogP contribution in [-0.2, 0) is 10.0 Å².